The van der Waals surface area contributed by atoms with Crippen LogP contribution in [0.2, 0.25) is 0 Å². The van der Waals surface area contributed by atoms with Gasteiger partial charge in [0, 0.05) is 15.6 Å². The molecule has 6 heteroatoms. The molecule has 0 saturated heterocycles. The summed E-state index contributed by atoms with van der Waals surface area (Å²) in [5.74, 6) is 3.35. The fourth-order valence-electron chi connectivity index (χ4n) is 2.65. The van der Waals surface area contributed by atoms with Gasteiger partial charge >= 0.3 is 0 Å². The number of ether oxygens (including phenoxy) is 2. The zero-order valence-corrected chi connectivity index (χ0v) is 18.6. The number of aryl methyl sites for hydroxylation is 1. The summed E-state index contributed by atoms with van der Waals surface area (Å²) in [4.78, 5) is 12.3. The van der Waals surface area contributed by atoms with Crippen molar-refractivity contribution in [1.29, 1.82) is 0 Å². The van der Waals surface area contributed by atoms with E-state index in [9.17, 15) is 4.79 Å². The smallest absolute Gasteiger partial charge is 0.271 e. The van der Waals surface area contributed by atoms with Crippen LogP contribution in [0.1, 0.15) is 27.0 Å². The first-order valence-corrected chi connectivity index (χ1v) is 10.3. The summed E-state index contributed by atoms with van der Waals surface area (Å²) in [5, 5.41) is 4.02. The van der Waals surface area contributed by atoms with E-state index in [2.05, 4.69) is 32.4 Å². The number of nitrogens with one attached hydrogen (secondary N) is 1. The first-order valence-electron chi connectivity index (χ1n) is 9.53. The third kappa shape index (κ3) is 6.73. The van der Waals surface area contributed by atoms with Gasteiger partial charge in [0.15, 0.2) is 0 Å². The Morgan fingerprint density at radius 3 is 2.55 bits per heavy atom. The van der Waals surface area contributed by atoms with Gasteiger partial charge in [0.2, 0.25) is 0 Å². The van der Waals surface area contributed by atoms with Crippen molar-refractivity contribution in [2.45, 2.75) is 13.5 Å². The Labute approximate surface area is 190 Å². The van der Waals surface area contributed by atoms with Crippen molar-refractivity contribution in [3.05, 3.63) is 93.5 Å². The van der Waals surface area contributed by atoms with Gasteiger partial charge in [-0.05, 0) is 55.0 Å². The van der Waals surface area contributed by atoms with Crippen molar-refractivity contribution in [2.75, 3.05) is 6.61 Å². The van der Waals surface area contributed by atoms with Gasteiger partial charge in [-0.25, -0.2) is 5.43 Å². The van der Waals surface area contributed by atoms with Gasteiger partial charge < -0.3 is 9.47 Å². The van der Waals surface area contributed by atoms with Gasteiger partial charge in [-0.1, -0.05) is 51.7 Å². The Balaban J connectivity index is 1.56. The Bertz CT molecular complexity index is 1100. The predicted octanol–water partition coefficient (Wildman–Crippen LogP) is 5.11. The van der Waals surface area contributed by atoms with Crippen molar-refractivity contribution in [3.8, 4) is 23.8 Å². The fourth-order valence-corrected chi connectivity index (χ4v) is 3.03. The van der Waals surface area contributed by atoms with Gasteiger partial charge in [0.1, 0.15) is 24.7 Å². The van der Waals surface area contributed by atoms with Crippen molar-refractivity contribution in [3.63, 3.8) is 0 Å². The number of carbonyl (C=O) groups is 1. The second-order valence-electron chi connectivity index (χ2n) is 6.67. The molecule has 0 bridgehead atoms. The average molecular weight is 477 g/mol. The molecule has 3 aromatic rings. The summed E-state index contributed by atoms with van der Waals surface area (Å²) in [7, 11) is 0. The highest BCUT2D eigenvalue weighted by Gasteiger charge is 2.06. The minimum absolute atomic E-state index is 0.146. The highest BCUT2D eigenvalue weighted by Crippen LogP contribution is 2.21. The van der Waals surface area contributed by atoms with Crippen LogP contribution >= 0.6 is 15.9 Å². The molecule has 0 aliphatic rings. The van der Waals surface area contributed by atoms with Crippen LogP contribution < -0.4 is 14.9 Å². The van der Waals surface area contributed by atoms with Crippen molar-refractivity contribution in [1.82, 2.24) is 5.43 Å². The molecule has 0 aromatic heterocycles. The van der Waals surface area contributed by atoms with Gasteiger partial charge in [-0.15, -0.1) is 6.42 Å². The van der Waals surface area contributed by atoms with Crippen LogP contribution in [0.15, 0.2) is 76.3 Å². The van der Waals surface area contributed by atoms with E-state index in [-0.39, 0.29) is 12.5 Å². The van der Waals surface area contributed by atoms with Gasteiger partial charge in [0.05, 0.1) is 6.21 Å². The maximum Gasteiger partial charge on any atom is 0.271 e. The molecule has 1 amide bonds. The molecule has 3 aromatic carbocycles. The number of nitrogens with zero attached hydrogens (tertiary/aromatic N) is 1. The lowest BCUT2D eigenvalue weighted by Gasteiger charge is -2.08. The molecule has 31 heavy (non-hydrogen) atoms. The third-order valence-corrected chi connectivity index (χ3v) is 4.79. The number of terminal acetylenes is 1. The molecule has 156 valence electrons. The Kier molecular flexibility index (Phi) is 7.85. The van der Waals surface area contributed by atoms with E-state index in [1.54, 1.807) is 30.3 Å². The fraction of sp³-hybridized carbons (Fsp3) is 0.120. The molecule has 0 atom stereocenters. The average Bonchev–Trinajstić information content (AvgIpc) is 2.78. The SMILES string of the molecule is C#CCOc1ccc(Br)cc1/C=N/NC(=O)c1ccc(OCc2ccc(C)cc2)cc1. The first-order chi connectivity index (χ1) is 15.0. The van der Waals surface area contributed by atoms with Gasteiger partial charge in [0.25, 0.3) is 5.91 Å². The van der Waals surface area contributed by atoms with Crippen molar-refractivity contribution in [2.24, 2.45) is 5.10 Å². The van der Waals surface area contributed by atoms with E-state index in [1.807, 2.05) is 43.3 Å². The van der Waals surface area contributed by atoms with E-state index in [0.29, 0.717) is 29.2 Å². The molecule has 0 fully saturated rings. The third-order valence-electron chi connectivity index (χ3n) is 4.30. The quantitative estimate of drug-likeness (QED) is 0.279. The largest absolute Gasteiger partial charge is 0.489 e. The second kappa shape index (κ2) is 11.0. The number of benzene rings is 3. The highest BCUT2D eigenvalue weighted by molar-refractivity contribution is 9.10. The van der Waals surface area contributed by atoms with Crippen LogP contribution in [0.4, 0.5) is 0 Å². The number of amides is 1. The number of carbonyl (C=O) groups excluding carboxylic acids is 1. The maximum absolute atomic E-state index is 12.3. The number of hydrogen-bond acceptors (Lipinski definition) is 4. The van der Waals surface area contributed by atoms with Gasteiger partial charge in [-0.3, -0.25) is 4.79 Å². The monoisotopic (exact) mass is 476 g/mol. The summed E-state index contributed by atoms with van der Waals surface area (Å²) in [6, 6.07) is 20.5. The van der Waals surface area contributed by atoms with E-state index >= 15 is 0 Å². The molecule has 0 aliphatic heterocycles. The lowest BCUT2D eigenvalue weighted by atomic mass is 10.2. The molecule has 0 aliphatic carbocycles. The Morgan fingerprint density at radius 1 is 1.10 bits per heavy atom. The van der Waals surface area contributed by atoms with Crippen LogP contribution in [-0.2, 0) is 6.61 Å². The van der Waals surface area contributed by atoms with Crippen molar-refractivity contribution >= 4 is 28.1 Å². The highest BCUT2D eigenvalue weighted by atomic mass is 79.9. The zero-order valence-electron chi connectivity index (χ0n) is 17.0. The van der Waals surface area contributed by atoms with Crippen molar-refractivity contribution < 1.29 is 14.3 Å². The Morgan fingerprint density at radius 2 is 1.84 bits per heavy atom. The van der Waals surface area contributed by atoms with Crippen LogP contribution in [0.5, 0.6) is 11.5 Å². The van der Waals surface area contributed by atoms with Crippen LogP contribution in [0.25, 0.3) is 0 Å². The second-order valence-corrected chi connectivity index (χ2v) is 7.59. The molecule has 0 saturated carbocycles. The summed E-state index contributed by atoms with van der Waals surface area (Å²) in [6.07, 6.45) is 6.75. The summed E-state index contributed by atoms with van der Waals surface area (Å²) >= 11 is 3.40. The number of halogens is 1. The van der Waals surface area contributed by atoms with E-state index in [1.165, 1.54) is 11.8 Å². The normalized spacial score (nSPS) is 10.5. The van der Waals surface area contributed by atoms with Crippen LogP contribution in [0, 0.1) is 19.3 Å². The summed E-state index contributed by atoms with van der Waals surface area (Å²) in [6.45, 7) is 2.66. The summed E-state index contributed by atoms with van der Waals surface area (Å²) < 4.78 is 12.1. The molecule has 3 rings (SSSR count). The molecule has 5 nitrogen and oxygen atoms in total. The summed E-state index contributed by atoms with van der Waals surface area (Å²) in [5.41, 5.74) is 5.96. The van der Waals surface area contributed by atoms with E-state index < -0.39 is 0 Å². The predicted molar refractivity (Wildman–Crippen MR) is 125 cm³/mol. The first kappa shape index (κ1) is 22.1. The molecule has 0 heterocycles. The molecule has 0 spiro atoms. The maximum atomic E-state index is 12.3. The number of hydrazone groups is 1. The van der Waals surface area contributed by atoms with Crippen LogP contribution in [-0.4, -0.2) is 18.7 Å². The van der Waals surface area contributed by atoms with Gasteiger partial charge in [-0.2, -0.15) is 5.10 Å². The minimum Gasteiger partial charge on any atom is -0.489 e. The topological polar surface area (TPSA) is 59.9 Å². The molecular formula is C25H21BrN2O3. The lowest BCUT2D eigenvalue weighted by molar-refractivity contribution is 0.0955. The standard InChI is InChI=1S/C25H21BrN2O3/c1-3-14-30-24-13-10-22(26)15-21(24)16-27-28-25(29)20-8-11-23(12-9-20)31-17-19-6-4-18(2)5-7-19/h1,4-13,15-16H,14,17H2,2H3,(H,28,29)/b27-16+. The van der Waals surface area contributed by atoms with Crippen LogP contribution in [0.3, 0.4) is 0 Å². The van der Waals surface area contributed by atoms with E-state index in [0.717, 1.165) is 10.0 Å². The number of hydrogen-bond donors (Lipinski definition) is 1. The molecule has 0 radical (unpaired) electrons. The lowest BCUT2D eigenvalue weighted by Crippen LogP contribution is -2.17. The molecule has 1 N–H and O–H groups in total. The number of rotatable bonds is 8. The molecular weight excluding hydrogens is 456 g/mol. The molecule has 0 unspecified atom stereocenters. The Hall–Kier alpha value is -3.56. The zero-order chi connectivity index (χ0) is 22.1. The minimum atomic E-state index is -0.331. The van der Waals surface area contributed by atoms with E-state index in [4.69, 9.17) is 15.9 Å².